The number of halogens is 8. The van der Waals surface area contributed by atoms with E-state index in [0.717, 1.165) is 32.8 Å². The summed E-state index contributed by atoms with van der Waals surface area (Å²) in [5.41, 5.74) is 3.16. The van der Waals surface area contributed by atoms with E-state index < -0.39 is 25.9 Å². The number of benzene rings is 4. The Bertz CT molecular complexity index is 2780. The quantitative estimate of drug-likeness (QED) is 0.134. The van der Waals surface area contributed by atoms with Crippen molar-refractivity contribution < 1.29 is 25.6 Å². The number of aromatic nitrogens is 2. The largest absolute Gasteiger partial charge is 0.345 e. The van der Waals surface area contributed by atoms with Crippen LogP contribution < -0.4 is 9.80 Å². The first-order valence-corrected chi connectivity index (χ1v) is 25.5. The zero-order chi connectivity index (χ0) is 44.3. The van der Waals surface area contributed by atoms with Crippen LogP contribution in [-0.2, 0) is 32.9 Å². The molecule has 0 unspecified atom stereocenters. The summed E-state index contributed by atoms with van der Waals surface area (Å²) in [7, 11) is -7.48. The zero-order valence-corrected chi connectivity index (χ0v) is 39.9. The van der Waals surface area contributed by atoms with Crippen LogP contribution in [0.5, 0.6) is 0 Å². The lowest BCUT2D eigenvalue weighted by molar-refractivity contribution is 0.384. The molecule has 0 aliphatic carbocycles. The van der Waals surface area contributed by atoms with Crippen molar-refractivity contribution in [3.63, 3.8) is 0 Å². The molecule has 4 aromatic carbocycles. The van der Waals surface area contributed by atoms with Gasteiger partial charge in [0.2, 0.25) is 20.0 Å². The van der Waals surface area contributed by atoms with Crippen LogP contribution in [0.3, 0.4) is 0 Å². The number of nitrogens with zero attached hydrogens (tertiary/aromatic N) is 6. The molecular formula is C40H34Cl6F2N6O4S4. The van der Waals surface area contributed by atoms with Crippen molar-refractivity contribution in [2.24, 2.45) is 0 Å². The summed E-state index contributed by atoms with van der Waals surface area (Å²) in [5.74, 6) is -0.832. The molecule has 328 valence electrons. The van der Waals surface area contributed by atoms with Crippen molar-refractivity contribution in [1.82, 2.24) is 18.6 Å². The summed E-state index contributed by atoms with van der Waals surface area (Å²) >= 11 is 38.7. The molecule has 0 saturated carbocycles. The Balaban J connectivity index is 0.000000186. The molecule has 0 bridgehead atoms. The average molecular weight is 1040 g/mol. The zero-order valence-electron chi connectivity index (χ0n) is 32.1. The number of anilines is 2. The Labute approximate surface area is 396 Å². The van der Waals surface area contributed by atoms with Crippen molar-refractivity contribution in [2.45, 2.75) is 22.6 Å². The van der Waals surface area contributed by atoms with Gasteiger partial charge in [-0.15, -0.1) is 22.7 Å². The van der Waals surface area contributed by atoms with Gasteiger partial charge in [-0.1, -0.05) is 75.7 Å². The SMILES string of the molecule is O=S(=O)(c1cc(Cl)ccc1Cl)N1CCN(c2nc(Cc3cc(F)cc(Cl)c3)cs2)CC1.O=S(=O)(c1cc(Cl)ccc1Cl)N1CCN(c2nc(Cc3ccc(Cl)c(F)c3)cs2)CC1. The summed E-state index contributed by atoms with van der Waals surface area (Å²) in [6.07, 6.45) is 0.960. The van der Waals surface area contributed by atoms with Crippen LogP contribution in [0.25, 0.3) is 0 Å². The van der Waals surface area contributed by atoms with Gasteiger partial charge >= 0.3 is 0 Å². The van der Waals surface area contributed by atoms with Gasteiger partial charge in [-0.05, 0) is 77.9 Å². The molecule has 10 nitrogen and oxygen atoms in total. The first-order chi connectivity index (χ1) is 29.5. The number of hydrogen-bond acceptors (Lipinski definition) is 10. The average Bonchev–Trinajstić information content (AvgIpc) is 3.91. The Kier molecular flexibility index (Phi) is 15.3. The Hall–Kier alpha value is -2.84. The van der Waals surface area contributed by atoms with E-state index in [-0.39, 0.29) is 30.7 Å². The topological polar surface area (TPSA) is 107 Å². The summed E-state index contributed by atoms with van der Waals surface area (Å²) in [5, 5.41) is 6.83. The lowest BCUT2D eigenvalue weighted by Gasteiger charge is -2.34. The number of rotatable bonds is 10. The minimum absolute atomic E-state index is 0.0143. The van der Waals surface area contributed by atoms with Crippen molar-refractivity contribution in [2.75, 3.05) is 62.2 Å². The third-order valence-electron chi connectivity index (χ3n) is 9.80. The maximum absolute atomic E-state index is 13.7. The number of thiazole rings is 2. The van der Waals surface area contributed by atoms with Crippen LogP contribution >= 0.6 is 92.3 Å². The van der Waals surface area contributed by atoms with Gasteiger partial charge in [0.05, 0.1) is 26.5 Å². The highest BCUT2D eigenvalue weighted by Gasteiger charge is 2.32. The predicted octanol–water partition coefficient (Wildman–Crippen LogP) is 10.7. The van der Waals surface area contributed by atoms with E-state index in [1.807, 2.05) is 20.6 Å². The molecule has 0 radical (unpaired) electrons. The van der Waals surface area contributed by atoms with Gasteiger partial charge in [-0.2, -0.15) is 8.61 Å². The molecular weight excluding hydrogens is 1010 g/mol. The first-order valence-electron chi connectivity index (χ1n) is 18.6. The molecule has 0 amide bonds. The van der Waals surface area contributed by atoms with Crippen LogP contribution in [0.15, 0.2) is 93.3 Å². The second-order valence-electron chi connectivity index (χ2n) is 14.1. The van der Waals surface area contributed by atoms with E-state index in [4.69, 9.17) is 69.6 Å². The molecule has 2 aliphatic heterocycles. The molecule has 62 heavy (non-hydrogen) atoms. The van der Waals surface area contributed by atoms with Gasteiger partial charge in [-0.25, -0.2) is 35.6 Å². The number of sulfonamides is 2. The molecule has 4 heterocycles. The van der Waals surface area contributed by atoms with E-state index in [1.54, 1.807) is 24.3 Å². The molecule has 6 aromatic rings. The van der Waals surface area contributed by atoms with Crippen LogP contribution in [0.1, 0.15) is 22.5 Å². The molecule has 0 atom stereocenters. The highest BCUT2D eigenvalue weighted by atomic mass is 35.5. The predicted molar refractivity (Wildman–Crippen MR) is 248 cm³/mol. The van der Waals surface area contributed by atoms with Crippen molar-refractivity contribution in [3.05, 3.63) is 148 Å². The van der Waals surface area contributed by atoms with Gasteiger partial charge in [-0.3, -0.25) is 0 Å². The smallest absolute Gasteiger partial charge is 0.244 e. The molecule has 2 fully saturated rings. The van der Waals surface area contributed by atoms with Crippen LogP contribution in [0.2, 0.25) is 30.1 Å². The summed E-state index contributed by atoms with van der Waals surface area (Å²) in [6, 6.07) is 18.0. The molecule has 8 rings (SSSR count). The fraction of sp³-hybridized carbons (Fsp3) is 0.250. The maximum Gasteiger partial charge on any atom is 0.244 e. The van der Waals surface area contributed by atoms with E-state index >= 15 is 0 Å². The van der Waals surface area contributed by atoms with Crippen molar-refractivity contribution in [1.29, 1.82) is 0 Å². The van der Waals surface area contributed by atoms with Crippen LogP contribution in [0.4, 0.5) is 19.0 Å². The molecule has 2 aliphatic rings. The molecule has 0 spiro atoms. The molecule has 22 heteroatoms. The van der Waals surface area contributed by atoms with Crippen molar-refractivity contribution in [3.8, 4) is 0 Å². The lowest BCUT2D eigenvalue weighted by atomic mass is 10.1. The Morgan fingerprint density at radius 3 is 1.42 bits per heavy atom. The van der Waals surface area contributed by atoms with E-state index in [0.29, 0.717) is 80.3 Å². The third-order valence-corrected chi connectivity index (χ3v) is 17.5. The summed E-state index contributed by atoms with van der Waals surface area (Å²) < 4.78 is 81.9. The van der Waals surface area contributed by atoms with E-state index in [2.05, 4.69) is 9.97 Å². The summed E-state index contributed by atoms with van der Waals surface area (Å²) in [6.45, 7) is 3.22. The fourth-order valence-electron chi connectivity index (χ4n) is 6.69. The molecule has 2 saturated heterocycles. The van der Waals surface area contributed by atoms with Gasteiger partial charge < -0.3 is 9.80 Å². The second kappa shape index (κ2) is 20.1. The van der Waals surface area contributed by atoms with Gasteiger partial charge in [0.15, 0.2) is 10.3 Å². The van der Waals surface area contributed by atoms with Gasteiger partial charge in [0.25, 0.3) is 0 Å². The van der Waals surface area contributed by atoms with E-state index in [1.165, 1.54) is 79.8 Å². The fourth-order valence-corrected chi connectivity index (χ4v) is 13.1. The first kappa shape index (κ1) is 47.1. The normalized spacial score (nSPS) is 15.4. The van der Waals surface area contributed by atoms with Crippen LogP contribution in [0, 0.1) is 11.6 Å². The van der Waals surface area contributed by atoms with E-state index in [9.17, 15) is 25.6 Å². The van der Waals surface area contributed by atoms with Crippen molar-refractivity contribution >= 4 is 123 Å². The Morgan fingerprint density at radius 2 is 0.968 bits per heavy atom. The minimum Gasteiger partial charge on any atom is -0.345 e. The Morgan fingerprint density at radius 1 is 0.516 bits per heavy atom. The van der Waals surface area contributed by atoms with Crippen LogP contribution in [-0.4, -0.2) is 87.8 Å². The second-order valence-corrected chi connectivity index (χ2v) is 22.1. The lowest BCUT2D eigenvalue weighted by Crippen LogP contribution is -2.48. The van der Waals surface area contributed by atoms with Gasteiger partial charge in [0, 0.05) is 91.0 Å². The third kappa shape index (κ3) is 11.3. The van der Waals surface area contributed by atoms with Gasteiger partial charge in [0.1, 0.15) is 21.4 Å². The highest BCUT2D eigenvalue weighted by molar-refractivity contribution is 7.89. The standard InChI is InChI=1S/2C20H17Cl3FN3O2S2/c21-14-2-4-17(23)19(11-14)31(28,29)27-7-5-26(6-8-27)20-25-15(12-30-20)9-13-1-3-16(22)18(24)10-13;21-14-1-2-18(23)19(11-14)31(28,29)27-5-3-26(4-6-27)20-25-17(12-30-20)9-13-7-15(22)10-16(24)8-13/h1-4,10-12H,5-9H2;1-2,7-8,10-12H,3-6,9H2. The minimum atomic E-state index is -3.74. The monoisotopic (exact) mass is 1040 g/mol. The molecule has 2 aromatic heterocycles. The number of hydrogen-bond donors (Lipinski definition) is 0. The number of piperazine rings is 2. The maximum atomic E-state index is 13.7. The summed E-state index contributed by atoms with van der Waals surface area (Å²) in [4.78, 5) is 13.4. The highest BCUT2D eigenvalue weighted by Crippen LogP contribution is 2.32. The molecule has 0 N–H and O–H groups in total.